The van der Waals surface area contributed by atoms with Crippen molar-refractivity contribution in [3.63, 3.8) is 0 Å². The number of hydrogen-bond acceptors (Lipinski definition) is 4. The highest BCUT2D eigenvalue weighted by Crippen LogP contribution is 2.23. The van der Waals surface area contributed by atoms with Crippen LogP contribution in [0.2, 0.25) is 0 Å². The molecule has 0 saturated carbocycles. The maximum atomic E-state index is 10.8. The van der Waals surface area contributed by atoms with Gasteiger partial charge in [0.15, 0.2) is 0 Å². The van der Waals surface area contributed by atoms with Crippen molar-refractivity contribution in [2.75, 3.05) is 19.1 Å². The number of carbonyl (C=O) groups is 1. The average molecular weight is 258 g/mol. The maximum Gasteiger partial charge on any atom is 0.337 e. The van der Waals surface area contributed by atoms with Gasteiger partial charge in [0.25, 0.3) is 0 Å². The molecule has 19 heavy (non-hydrogen) atoms. The van der Waals surface area contributed by atoms with E-state index in [4.69, 9.17) is 9.84 Å². The van der Waals surface area contributed by atoms with Gasteiger partial charge >= 0.3 is 5.97 Å². The highest BCUT2D eigenvalue weighted by Gasteiger charge is 2.07. The number of aromatic carboxylic acids is 1. The SMILES string of the molecule is COc1ccc(N(C)c2ccc(C(=O)O)cn2)cc1. The summed E-state index contributed by atoms with van der Waals surface area (Å²) >= 11 is 0. The minimum atomic E-state index is -0.980. The number of rotatable bonds is 4. The van der Waals surface area contributed by atoms with Gasteiger partial charge in [0.05, 0.1) is 12.7 Å². The topological polar surface area (TPSA) is 62.7 Å². The van der Waals surface area contributed by atoms with Crippen LogP contribution in [0.1, 0.15) is 10.4 Å². The predicted octanol–water partition coefficient (Wildman–Crippen LogP) is 2.56. The van der Waals surface area contributed by atoms with Crippen molar-refractivity contribution >= 4 is 17.5 Å². The summed E-state index contributed by atoms with van der Waals surface area (Å²) < 4.78 is 5.10. The molecule has 0 radical (unpaired) electrons. The van der Waals surface area contributed by atoms with Crippen molar-refractivity contribution in [3.8, 4) is 5.75 Å². The van der Waals surface area contributed by atoms with E-state index in [2.05, 4.69) is 4.98 Å². The summed E-state index contributed by atoms with van der Waals surface area (Å²) in [6, 6.07) is 10.7. The van der Waals surface area contributed by atoms with Crippen molar-refractivity contribution in [1.29, 1.82) is 0 Å². The summed E-state index contributed by atoms with van der Waals surface area (Å²) in [5.74, 6) is 0.479. The molecule has 5 nitrogen and oxygen atoms in total. The Morgan fingerprint density at radius 2 is 1.89 bits per heavy atom. The van der Waals surface area contributed by atoms with Crippen LogP contribution in [0.5, 0.6) is 5.75 Å². The van der Waals surface area contributed by atoms with Gasteiger partial charge in [-0.1, -0.05) is 0 Å². The molecule has 2 aromatic rings. The molecule has 0 aliphatic carbocycles. The van der Waals surface area contributed by atoms with Crippen molar-refractivity contribution in [1.82, 2.24) is 4.98 Å². The molecule has 1 heterocycles. The van der Waals surface area contributed by atoms with Gasteiger partial charge < -0.3 is 14.7 Å². The summed E-state index contributed by atoms with van der Waals surface area (Å²) in [7, 11) is 3.48. The summed E-state index contributed by atoms with van der Waals surface area (Å²) in [4.78, 5) is 16.8. The van der Waals surface area contributed by atoms with Crippen LogP contribution in [0.4, 0.5) is 11.5 Å². The van der Waals surface area contributed by atoms with E-state index in [1.807, 2.05) is 36.2 Å². The van der Waals surface area contributed by atoms with Gasteiger partial charge in [0.2, 0.25) is 0 Å². The highest BCUT2D eigenvalue weighted by molar-refractivity contribution is 5.87. The number of benzene rings is 1. The zero-order valence-electron chi connectivity index (χ0n) is 10.7. The van der Waals surface area contributed by atoms with E-state index in [9.17, 15) is 4.79 Å². The third kappa shape index (κ3) is 2.82. The summed E-state index contributed by atoms with van der Waals surface area (Å²) in [5, 5.41) is 8.82. The number of aromatic nitrogens is 1. The molecule has 1 aromatic heterocycles. The third-order valence-corrected chi connectivity index (χ3v) is 2.80. The van der Waals surface area contributed by atoms with Crippen LogP contribution in [0, 0.1) is 0 Å². The Labute approximate surface area is 111 Å². The number of nitrogens with zero attached hydrogens (tertiary/aromatic N) is 2. The van der Waals surface area contributed by atoms with E-state index in [0.29, 0.717) is 5.82 Å². The van der Waals surface area contributed by atoms with Crippen LogP contribution in [-0.4, -0.2) is 30.2 Å². The molecular weight excluding hydrogens is 244 g/mol. The first-order chi connectivity index (χ1) is 9.11. The lowest BCUT2D eigenvalue weighted by Gasteiger charge is -2.18. The van der Waals surface area contributed by atoms with Crippen LogP contribution in [-0.2, 0) is 0 Å². The van der Waals surface area contributed by atoms with Crippen LogP contribution in [0.3, 0.4) is 0 Å². The molecule has 0 atom stereocenters. The molecule has 1 N–H and O–H groups in total. The molecule has 0 aliphatic heterocycles. The van der Waals surface area contributed by atoms with Gasteiger partial charge in [-0.25, -0.2) is 9.78 Å². The second-order valence-corrected chi connectivity index (χ2v) is 3.97. The van der Waals surface area contributed by atoms with Gasteiger partial charge in [0, 0.05) is 18.9 Å². The molecule has 0 saturated heterocycles. The largest absolute Gasteiger partial charge is 0.497 e. The normalized spacial score (nSPS) is 10.0. The fourth-order valence-electron chi connectivity index (χ4n) is 1.65. The first-order valence-corrected chi connectivity index (χ1v) is 5.69. The molecule has 5 heteroatoms. The molecule has 2 rings (SSSR count). The maximum absolute atomic E-state index is 10.8. The summed E-state index contributed by atoms with van der Waals surface area (Å²) in [5.41, 5.74) is 1.11. The smallest absolute Gasteiger partial charge is 0.337 e. The van der Waals surface area contributed by atoms with Crippen molar-refractivity contribution in [3.05, 3.63) is 48.2 Å². The fourth-order valence-corrected chi connectivity index (χ4v) is 1.65. The van der Waals surface area contributed by atoms with Crippen LogP contribution >= 0.6 is 0 Å². The minimum absolute atomic E-state index is 0.173. The molecule has 0 fully saturated rings. The zero-order valence-corrected chi connectivity index (χ0v) is 10.7. The van der Waals surface area contributed by atoms with Crippen LogP contribution in [0.25, 0.3) is 0 Å². The Morgan fingerprint density at radius 3 is 2.37 bits per heavy atom. The van der Waals surface area contributed by atoms with E-state index in [-0.39, 0.29) is 5.56 Å². The van der Waals surface area contributed by atoms with Crippen molar-refractivity contribution < 1.29 is 14.6 Å². The van der Waals surface area contributed by atoms with E-state index in [0.717, 1.165) is 11.4 Å². The Hall–Kier alpha value is -2.56. The monoisotopic (exact) mass is 258 g/mol. The molecule has 0 aliphatic rings. The van der Waals surface area contributed by atoms with E-state index >= 15 is 0 Å². The Morgan fingerprint density at radius 1 is 1.21 bits per heavy atom. The number of pyridine rings is 1. The number of carboxylic acid groups (broad SMARTS) is 1. The van der Waals surface area contributed by atoms with Gasteiger partial charge in [-0.3, -0.25) is 0 Å². The van der Waals surface area contributed by atoms with Gasteiger partial charge in [0.1, 0.15) is 11.6 Å². The minimum Gasteiger partial charge on any atom is -0.497 e. The number of carboxylic acids is 1. The lowest BCUT2D eigenvalue weighted by atomic mass is 10.2. The van der Waals surface area contributed by atoms with Crippen LogP contribution < -0.4 is 9.64 Å². The molecule has 0 unspecified atom stereocenters. The molecule has 0 spiro atoms. The Bertz CT molecular complexity index is 564. The van der Waals surface area contributed by atoms with E-state index in [1.165, 1.54) is 12.3 Å². The van der Waals surface area contributed by atoms with Crippen molar-refractivity contribution in [2.45, 2.75) is 0 Å². The van der Waals surface area contributed by atoms with Gasteiger partial charge in [-0.15, -0.1) is 0 Å². The number of ether oxygens (including phenoxy) is 1. The second-order valence-electron chi connectivity index (χ2n) is 3.97. The van der Waals surface area contributed by atoms with Crippen molar-refractivity contribution in [2.24, 2.45) is 0 Å². The highest BCUT2D eigenvalue weighted by atomic mass is 16.5. The molecule has 98 valence electrons. The molecular formula is C14H14N2O3. The van der Waals surface area contributed by atoms with Gasteiger partial charge in [-0.05, 0) is 36.4 Å². The molecule has 0 amide bonds. The Balaban J connectivity index is 2.22. The zero-order chi connectivity index (χ0) is 13.8. The fraction of sp³-hybridized carbons (Fsp3) is 0.143. The number of anilines is 2. The van der Waals surface area contributed by atoms with E-state index in [1.54, 1.807) is 13.2 Å². The van der Waals surface area contributed by atoms with Gasteiger partial charge in [-0.2, -0.15) is 0 Å². The first kappa shape index (κ1) is 12.9. The number of hydrogen-bond donors (Lipinski definition) is 1. The average Bonchev–Trinajstić information content (AvgIpc) is 2.46. The predicted molar refractivity (Wildman–Crippen MR) is 72.3 cm³/mol. The summed E-state index contributed by atoms with van der Waals surface area (Å²) in [6.45, 7) is 0. The summed E-state index contributed by atoms with van der Waals surface area (Å²) in [6.07, 6.45) is 1.34. The lowest BCUT2D eigenvalue weighted by Crippen LogP contribution is -2.11. The molecule has 0 bridgehead atoms. The molecule has 1 aromatic carbocycles. The quantitative estimate of drug-likeness (QED) is 0.913. The second kappa shape index (κ2) is 5.39. The third-order valence-electron chi connectivity index (χ3n) is 2.80. The van der Waals surface area contributed by atoms with E-state index < -0.39 is 5.97 Å². The Kier molecular flexibility index (Phi) is 3.66. The number of methoxy groups -OCH3 is 1. The lowest BCUT2D eigenvalue weighted by molar-refractivity contribution is 0.0696. The first-order valence-electron chi connectivity index (χ1n) is 5.69. The van der Waals surface area contributed by atoms with Crippen LogP contribution in [0.15, 0.2) is 42.6 Å². The standard InChI is InChI=1S/C14H14N2O3/c1-16(11-4-6-12(19-2)7-5-11)13-8-3-10(9-15-13)14(17)18/h3-9H,1-2H3,(H,17,18).